The number of rotatable bonds is 3. The molecule has 4 nitrogen and oxygen atoms in total. The minimum atomic E-state index is -0.217. The van der Waals surface area contributed by atoms with Gasteiger partial charge in [-0.2, -0.15) is 0 Å². The van der Waals surface area contributed by atoms with Crippen LogP contribution in [0.3, 0.4) is 0 Å². The zero-order chi connectivity index (χ0) is 16.4. The normalized spacial score (nSPS) is 22.4. The van der Waals surface area contributed by atoms with Crippen molar-refractivity contribution in [1.82, 2.24) is 5.32 Å². The van der Waals surface area contributed by atoms with E-state index in [0.29, 0.717) is 19.0 Å². The number of amides is 2. The Kier molecular flexibility index (Phi) is 4.69. The maximum atomic E-state index is 12.5. The summed E-state index contributed by atoms with van der Waals surface area (Å²) in [5.74, 6) is -0.111. The molecule has 23 heavy (non-hydrogen) atoms. The number of benzene rings is 1. The fourth-order valence-electron chi connectivity index (χ4n) is 3.59. The number of hydrogen-bond acceptors (Lipinski definition) is 2. The Hall–Kier alpha value is -1.84. The maximum absolute atomic E-state index is 12.5. The molecule has 4 heteroatoms. The third kappa shape index (κ3) is 3.57. The van der Waals surface area contributed by atoms with Crippen LogP contribution in [0.5, 0.6) is 0 Å². The van der Waals surface area contributed by atoms with Gasteiger partial charge in [-0.1, -0.05) is 25.3 Å². The van der Waals surface area contributed by atoms with Crippen LogP contribution < -0.4 is 10.2 Å². The molecule has 1 aromatic carbocycles. The fourth-order valence-corrected chi connectivity index (χ4v) is 3.59. The fraction of sp³-hybridized carbons (Fsp3) is 0.579. The average molecular weight is 314 g/mol. The summed E-state index contributed by atoms with van der Waals surface area (Å²) in [6.45, 7) is 4.61. The van der Waals surface area contributed by atoms with Crippen LogP contribution in [0, 0.1) is 19.8 Å². The van der Waals surface area contributed by atoms with E-state index in [1.807, 2.05) is 25.1 Å². The first-order valence-corrected chi connectivity index (χ1v) is 8.72. The molecule has 0 bridgehead atoms. The van der Waals surface area contributed by atoms with Crippen LogP contribution in [-0.2, 0) is 9.59 Å². The number of carbonyl (C=O) groups excluding carboxylic acids is 2. The molecular weight excluding hydrogens is 288 g/mol. The number of carbonyl (C=O) groups is 2. The van der Waals surface area contributed by atoms with E-state index >= 15 is 0 Å². The van der Waals surface area contributed by atoms with Crippen LogP contribution in [0.4, 0.5) is 5.69 Å². The van der Waals surface area contributed by atoms with Gasteiger partial charge in [-0.15, -0.1) is 0 Å². The van der Waals surface area contributed by atoms with Gasteiger partial charge in [0.1, 0.15) is 0 Å². The Morgan fingerprint density at radius 1 is 1.13 bits per heavy atom. The summed E-state index contributed by atoms with van der Waals surface area (Å²) in [7, 11) is 0. The molecule has 1 aliphatic carbocycles. The summed E-state index contributed by atoms with van der Waals surface area (Å²) in [4.78, 5) is 26.6. The van der Waals surface area contributed by atoms with Crippen molar-refractivity contribution >= 4 is 17.5 Å². The Balaban J connectivity index is 1.64. The second-order valence-corrected chi connectivity index (χ2v) is 7.02. The molecule has 1 heterocycles. The number of hydrogen-bond donors (Lipinski definition) is 1. The quantitative estimate of drug-likeness (QED) is 0.932. The lowest BCUT2D eigenvalue weighted by Crippen LogP contribution is -2.40. The Morgan fingerprint density at radius 3 is 2.57 bits per heavy atom. The molecular formula is C19H26N2O2. The van der Waals surface area contributed by atoms with Crippen molar-refractivity contribution < 1.29 is 9.59 Å². The van der Waals surface area contributed by atoms with E-state index in [0.717, 1.165) is 18.5 Å². The monoisotopic (exact) mass is 314 g/mol. The first kappa shape index (κ1) is 16.0. The van der Waals surface area contributed by atoms with E-state index in [1.165, 1.54) is 30.4 Å². The summed E-state index contributed by atoms with van der Waals surface area (Å²) >= 11 is 0. The average Bonchev–Trinajstić information content (AvgIpc) is 2.93. The minimum absolute atomic E-state index is 0.0524. The molecule has 1 N–H and O–H groups in total. The largest absolute Gasteiger partial charge is 0.353 e. The summed E-state index contributed by atoms with van der Waals surface area (Å²) < 4.78 is 0. The van der Waals surface area contributed by atoms with Crippen LogP contribution in [0.2, 0.25) is 0 Å². The van der Waals surface area contributed by atoms with Crippen molar-refractivity contribution in [3.63, 3.8) is 0 Å². The molecule has 0 radical (unpaired) electrons. The van der Waals surface area contributed by atoms with Gasteiger partial charge in [-0.05, 0) is 49.9 Å². The lowest BCUT2D eigenvalue weighted by molar-refractivity contribution is -0.127. The molecule has 1 atom stereocenters. The first-order chi connectivity index (χ1) is 11.0. The third-order valence-corrected chi connectivity index (χ3v) is 5.25. The van der Waals surface area contributed by atoms with Crippen molar-refractivity contribution in [2.75, 3.05) is 11.4 Å². The van der Waals surface area contributed by atoms with Gasteiger partial charge in [-0.3, -0.25) is 9.59 Å². The Bertz CT molecular complexity index is 605. The highest BCUT2D eigenvalue weighted by atomic mass is 16.2. The lowest BCUT2D eigenvalue weighted by Gasteiger charge is -2.24. The van der Waals surface area contributed by atoms with E-state index in [9.17, 15) is 9.59 Å². The number of nitrogens with zero attached hydrogens (tertiary/aromatic N) is 1. The summed E-state index contributed by atoms with van der Waals surface area (Å²) in [6.07, 6.45) is 6.15. The molecule has 0 aromatic heterocycles. The smallest absolute Gasteiger partial charge is 0.227 e. The molecule has 1 saturated heterocycles. The highest BCUT2D eigenvalue weighted by Crippen LogP contribution is 2.27. The Morgan fingerprint density at radius 2 is 1.87 bits per heavy atom. The van der Waals surface area contributed by atoms with Gasteiger partial charge in [-0.25, -0.2) is 0 Å². The van der Waals surface area contributed by atoms with Crippen LogP contribution in [0.25, 0.3) is 0 Å². The first-order valence-electron chi connectivity index (χ1n) is 8.72. The molecule has 2 fully saturated rings. The summed E-state index contributed by atoms with van der Waals surface area (Å²) in [5.41, 5.74) is 3.29. The van der Waals surface area contributed by atoms with E-state index in [2.05, 4.69) is 12.2 Å². The predicted molar refractivity (Wildman–Crippen MR) is 91.4 cm³/mol. The molecule has 124 valence electrons. The minimum Gasteiger partial charge on any atom is -0.353 e. The van der Waals surface area contributed by atoms with E-state index < -0.39 is 0 Å². The van der Waals surface area contributed by atoms with Gasteiger partial charge in [0, 0.05) is 24.7 Å². The standard InChI is InChI=1S/C19H26N2O2/c1-13-8-9-17(10-14(13)2)21-12-15(11-18(21)22)19(23)20-16-6-4-3-5-7-16/h8-10,15-16H,3-7,11-12H2,1-2H3,(H,20,23). The van der Waals surface area contributed by atoms with Crippen LogP contribution in [0.1, 0.15) is 49.7 Å². The number of nitrogens with one attached hydrogen (secondary N) is 1. The van der Waals surface area contributed by atoms with Gasteiger partial charge >= 0.3 is 0 Å². The van der Waals surface area contributed by atoms with Crippen molar-refractivity contribution in [3.05, 3.63) is 29.3 Å². The van der Waals surface area contributed by atoms with Crippen LogP contribution >= 0.6 is 0 Å². The molecule has 2 amide bonds. The molecule has 1 aromatic rings. The van der Waals surface area contributed by atoms with Gasteiger partial charge < -0.3 is 10.2 Å². The van der Waals surface area contributed by atoms with Crippen LogP contribution in [-0.4, -0.2) is 24.4 Å². The highest BCUT2D eigenvalue weighted by molar-refractivity contribution is 6.00. The topological polar surface area (TPSA) is 49.4 Å². The highest BCUT2D eigenvalue weighted by Gasteiger charge is 2.35. The molecule has 1 aliphatic heterocycles. The lowest BCUT2D eigenvalue weighted by atomic mass is 9.95. The van der Waals surface area contributed by atoms with Crippen molar-refractivity contribution in [2.45, 2.75) is 58.4 Å². The summed E-state index contributed by atoms with van der Waals surface area (Å²) in [5, 5.41) is 3.16. The predicted octanol–water partition coefficient (Wildman–Crippen LogP) is 3.11. The number of anilines is 1. The second-order valence-electron chi connectivity index (χ2n) is 7.02. The van der Waals surface area contributed by atoms with Crippen molar-refractivity contribution in [1.29, 1.82) is 0 Å². The number of aryl methyl sites for hydroxylation is 2. The zero-order valence-corrected chi connectivity index (χ0v) is 14.1. The molecule has 1 unspecified atom stereocenters. The van der Waals surface area contributed by atoms with Crippen LogP contribution in [0.15, 0.2) is 18.2 Å². The molecule has 2 aliphatic rings. The Labute approximate surface area is 138 Å². The third-order valence-electron chi connectivity index (χ3n) is 5.25. The molecule has 0 spiro atoms. The van der Waals surface area contributed by atoms with Gasteiger partial charge in [0.05, 0.1) is 5.92 Å². The van der Waals surface area contributed by atoms with Crippen molar-refractivity contribution in [2.24, 2.45) is 5.92 Å². The van der Waals surface area contributed by atoms with Crippen molar-refractivity contribution in [3.8, 4) is 0 Å². The second kappa shape index (κ2) is 6.73. The maximum Gasteiger partial charge on any atom is 0.227 e. The van der Waals surface area contributed by atoms with E-state index in [1.54, 1.807) is 4.90 Å². The molecule has 1 saturated carbocycles. The van der Waals surface area contributed by atoms with Gasteiger partial charge in [0.15, 0.2) is 0 Å². The van der Waals surface area contributed by atoms with Gasteiger partial charge in [0.25, 0.3) is 0 Å². The summed E-state index contributed by atoms with van der Waals surface area (Å²) in [6, 6.07) is 6.35. The molecule has 3 rings (SSSR count). The van der Waals surface area contributed by atoms with Gasteiger partial charge in [0.2, 0.25) is 11.8 Å². The van der Waals surface area contributed by atoms with E-state index in [-0.39, 0.29) is 17.7 Å². The van der Waals surface area contributed by atoms with E-state index in [4.69, 9.17) is 0 Å². The SMILES string of the molecule is Cc1ccc(N2CC(C(=O)NC3CCCCC3)CC2=O)cc1C. The zero-order valence-electron chi connectivity index (χ0n) is 14.1.